The SMILES string of the molecule is COC(=O)c1cc(OS(C)(=O)=O)c(=O)n2c1CC(C)(C)C2. The van der Waals surface area contributed by atoms with Crippen molar-refractivity contribution in [3.05, 3.63) is 27.7 Å². The summed E-state index contributed by atoms with van der Waals surface area (Å²) >= 11 is 0. The van der Waals surface area contributed by atoms with E-state index in [9.17, 15) is 18.0 Å². The molecule has 0 saturated heterocycles. The quantitative estimate of drug-likeness (QED) is 0.598. The molecule has 2 heterocycles. The molecule has 21 heavy (non-hydrogen) atoms. The molecule has 2 rings (SSSR count). The number of methoxy groups -OCH3 is 1. The summed E-state index contributed by atoms with van der Waals surface area (Å²) in [5.74, 6) is -1.02. The van der Waals surface area contributed by atoms with Gasteiger partial charge in [0.05, 0.1) is 18.9 Å². The summed E-state index contributed by atoms with van der Waals surface area (Å²) in [6, 6.07) is 1.14. The highest BCUT2D eigenvalue weighted by atomic mass is 32.2. The Bertz CT molecular complexity index is 760. The predicted molar refractivity (Wildman–Crippen MR) is 75.0 cm³/mol. The molecule has 0 aromatic carbocycles. The first-order valence-electron chi connectivity index (χ1n) is 6.28. The molecule has 0 amide bonds. The molecule has 0 fully saturated rings. The second kappa shape index (κ2) is 4.87. The highest BCUT2D eigenvalue weighted by Crippen LogP contribution is 2.33. The van der Waals surface area contributed by atoms with Gasteiger partial charge in [-0.15, -0.1) is 0 Å². The monoisotopic (exact) mass is 315 g/mol. The predicted octanol–water partition coefficient (Wildman–Crippen LogP) is 0.556. The average molecular weight is 315 g/mol. The average Bonchev–Trinajstić information content (AvgIpc) is 2.66. The van der Waals surface area contributed by atoms with Gasteiger partial charge in [-0.05, 0) is 11.8 Å². The summed E-state index contributed by atoms with van der Waals surface area (Å²) in [6.07, 6.45) is 1.36. The van der Waals surface area contributed by atoms with Crippen LogP contribution in [0.3, 0.4) is 0 Å². The molecule has 7 nitrogen and oxygen atoms in total. The lowest BCUT2D eigenvalue weighted by Gasteiger charge is -2.13. The van der Waals surface area contributed by atoms with Crippen LogP contribution in [0, 0.1) is 5.41 Å². The molecule has 0 atom stereocenters. The summed E-state index contributed by atoms with van der Waals surface area (Å²) in [6.45, 7) is 4.29. The number of hydrogen-bond donors (Lipinski definition) is 0. The number of aromatic nitrogens is 1. The van der Waals surface area contributed by atoms with E-state index in [1.807, 2.05) is 13.8 Å². The molecule has 0 radical (unpaired) electrons. The lowest BCUT2D eigenvalue weighted by molar-refractivity contribution is 0.0598. The fourth-order valence-corrected chi connectivity index (χ4v) is 2.93. The van der Waals surface area contributed by atoms with Crippen molar-refractivity contribution in [3.63, 3.8) is 0 Å². The van der Waals surface area contributed by atoms with Crippen LogP contribution in [0.15, 0.2) is 10.9 Å². The van der Waals surface area contributed by atoms with Crippen molar-refractivity contribution in [3.8, 4) is 5.75 Å². The van der Waals surface area contributed by atoms with Crippen LogP contribution in [-0.2, 0) is 27.8 Å². The van der Waals surface area contributed by atoms with Gasteiger partial charge in [-0.3, -0.25) is 4.79 Å². The van der Waals surface area contributed by atoms with Crippen LogP contribution in [0.4, 0.5) is 0 Å². The molecular formula is C13H17NO6S. The molecule has 8 heteroatoms. The van der Waals surface area contributed by atoms with Crippen molar-refractivity contribution < 1.29 is 22.1 Å². The molecule has 1 aliphatic heterocycles. The van der Waals surface area contributed by atoms with E-state index in [2.05, 4.69) is 0 Å². The number of hydrogen-bond acceptors (Lipinski definition) is 6. The lowest BCUT2D eigenvalue weighted by atomic mass is 9.90. The molecule has 1 aromatic heterocycles. The Balaban J connectivity index is 2.68. The second-order valence-electron chi connectivity index (χ2n) is 5.88. The van der Waals surface area contributed by atoms with Gasteiger partial charge in [0.2, 0.25) is 5.75 Å². The van der Waals surface area contributed by atoms with E-state index in [-0.39, 0.29) is 16.7 Å². The summed E-state index contributed by atoms with van der Waals surface area (Å²) in [4.78, 5) is 24.2. The van der Waals surface area contributed by atoms with Gasteiger partial charge < -0.3 is 13.5 Å². The first-order chi connectivity index (χ1) is 9.54. The maximum absolute atomic E-state index is 12.3. The highest BCUT2D eigenvalue weighted by molar-refractivity contribution is 7.86. The van der Waals surface area contributed by atoms with Crippen molar-refractivity contribution in [2.45, 2.75) is 26.8 Å². The molecule has 116 valence electrons. The number of esters is 1. The van der Waals surface area contributed by atoms with E-state index >= 15 is 0 Å². The molecular weight excluding hydrogens is 298 g/mol. The molecule has 0 unspecified atom stereocenters. The van der Waals surface area contributed by atoms with Crippen LogP contribution in [0.5, 0.6) is 5.75 Å². The van der Waals surface area contributed by atoms with Crippen molar-refractivity contribution in [1.82, 2.24) is 4.57 Å². The second-order valence-corrected chi connectivity index (χ2v) is 7.46. The van der Waals surface area contributed by atoms with Gasteiger partial charge in [0.15, 0.2) is 0 Å². The van der Waals surface area contributed by atoms with E-state index in [4.69, 9.17) is 8.92 Å². The van der Waals surface area contributed by atoms with Crippen LogP contribution in [-0.4, -0.2) is 32.3 Å². The first-order valence-corrected chi connectivity index (χ1v) is 8.10. The van der Waals surface area contributed by atoms with Gasteiger partial charge in [0.1, 0.15) is 0 Å². The van der Waals surface area contributed by atoms with Crippen LogP contribution in [0.25, 0.3) is 0 Å². The van der Waals surface area contributed by atoms with E-state index in [1.54, 1.807) is 0 Å². The molecule has 1 aliphatic rings. The number of pyridine rings is 1. The van der Waals surface area contributed by atoms with E-state index in [0.29, 0.717) is 18.7 Å². The third kappa shape index (κ3) is 3.10. The minimum atomic E-state index is -3.86. The van der Waals surface area contributed by atoms with Crippen molar-refractivity contribution in [2.75, 3.05) is 13.4 Å². The zero-order valence-electron chi connectivity index (χ0n) is 12.3. The molecule has 0 saturated carbocycles. The lowest BCUT2D eigenvalue weighted by Crippen LogP contribution is -2.26. The van der Waals surface area contributed by atoms with Crippen molar-refractivity contribution in [2.24, 2.45) is 5.41 Å². The van der Waals surface area contributed by atoms with Crippen LogP contribution in [0.2, 0.25) is 0 Å². The molecule has 0 N–H and O–H groups in total. The number of carbonyl (C=O) groups is 1. The molecule has 0 aliphatic carbocycles. The molecule has 1 aromatic rings. The van der Waals surface area contributed by atoms with Gasteiger partial charge in [0.25, 0.3) is 5.56 Å². The van der Waals surface area contributed by atoms with Crippen LogP contribution < -0.4 is 9.74 Å². The van der Waals surface area contributed by atoms with Gasteiger partial charge in [0, 0.05) is 18.3 Å². The van der Waals surface area contributed by atoms with Gasteiger partial charge in [-0.1, -0.05) is 13.8 Å². The van der Waals surface area contributed by atoms with Crippen LogP contribution >= 0.6 is 0 Å². The summed E-state index contributed by atoms with van der Waals surface area (Å²) in [5.41, 5.74) is -0.0776. The topological polar surface area (TPSA) is 91.7 Å². The van der Waals surface area contributed by atoms with Crippen molar-refractivity contribution >= 4 is 16.1 Å². The third-order valence-corrected chi connectivity index (χ3v) is 3.73. The first kappa shape index (κ1) is 15.6. The zero-order chi connectivity index (χ0) is 16.0. The van der Waals surface area contributed by atoms with Gasteiger partial charge in [-0.25, -0.2) is 4.79 Å². The van der Waals surface area contributed by atoms with E-state index in [0.717, 1.165) is 12.3 Å². The summed E-state index contributed by atoms with van der Waals surface area (Å²) < 4.78 is 33.3. The maximum atomic E-state index is 12.3. The maximum Gasteiger partial charge on any atom is 0.339 e. The Labute approximate surface area is 122 Å². The fourth-order valence-electron chi connectivity index (χ4n) is 2.48. The Hall–Kier alpha value is -1.83. The largest absolute Gasteiger partial charge is 0.465 e. The number of nitrogens with zero attached hydrogens (tertiary/aromatic N) is 1. The summed E-state index contributed by atoms with van der Waals surface area (Å²) in [7, 11) is -2.64. The Morgan fingerprint density at radius 3 is 2.52 bits per heavy atom. The Morgan fingerprint density at radius 1 is 1.38 bits per heavy atom. The van der Waals surface area contributed by atoms with E-state index in [1.165, 1.54) is 11.7 Å². The normalized spacial score (nSPS) is 16.4. The Kier molecular flexibility index (Phi) is 3.61. The van der Waals surface area contributed by atoms with Crippen LogP contribution in [0.1, 0.15) is 29.9 Å². The standard InChI is InChI=1S/C13H17NO6S/c1-13(2)6-9-8(12(16)19-3)5-10(20-21(4,17)18)11(15)14(9)7-13/h5H,6-7H2,1-4H3. The summed E-state index contributed by atoms with van der Waals surface area (Å²) in [5, 5.41) is 0. The fraction of sp³-hybridized carbons (Fsp3) is 0.538. The highest BCUT2D eigenvalue weighted by Gasteiger charge is 2.34. The Morgan fingerprint density at radius 2 is 2.00 bits per heavy atom. The smallest absolute Gasteiger partial charge is 0.339 e. The third-order valence-electron chi connectivity index (χ3n) is 3.25. The van der Waals surface area contributed by atoms with E-state index < -0.39 is 21.6 Å². The number of fused-ring (bicyclic) bond motifs is 1. The van der Waals surface area contributed by atoms with Crippen molar-refractivity contribution in [1.29, 1.82) is 0 Å². The molecule has 0 bridgehead atoms. The van der Waals surface area contributed by atoms with Gasteiger partial charge in [-0.2, -0.15) is 8.42 Å². The minimum absolute atomic E-state index is 0.154. The van der Waals surface area contributed by atoms with Gasteiger partial charge >= 0.3 is 16.1 Å². The number of carbonyl (C=O) groups excluding carboxylic acids is 1. The number of rotatable bonds is 3. The zero-order valence-corrected chi connectivity index (χ0v) is 13.1. The number of ether oxygens (including phenoxy) is 1. The molecule has 0 spiro atoms. The minimum Gasteiger partial charge on any atom is -0.465 e.